The first-order valence-electron chi connectivity index (χ1n) is 10.1. The Morgan fingerprint density at radius 2 is 1.79 bits per heavy atom. The molecule has 0 atom stereocenters. The summed E-state index contributed by atoms with van der Waals surface area (Å²) in [6.07, 6.45) is 0.922. The maximum atomic E-state index is 13.0. The van der Waals surface area contributed by atoms with Gasteiger partial charge in [-0.3, -0.25) is 4.79 Å². The predicted octanol–water partition coefficient (Wildman–Crippen LogP) is 4.74. The van der Waals surface area contributed by atoms with Gasteiger partial charge in [0.05, 0.1) is 18.7 Å². The van der Waals surface area contributed by atoms with Gasteiger partial charge in [0.15, 0.2) is 11.5 Å². The van der Waals surface area contributed by atoms with Crippen molar-refractivity contribution in [2.24, 2.45) is 5.92 Å². The number of piperazine rings is 1. The standard InChI is InChI=1S/C23H29ClN2O3/c1-17(2)9-14-29-22-20(24)15-18(16-21(22)28-3)23(27)26-12-10-25(11-13-26)19-7-5-4-6-8-19/h4-8,15-17H,9-14H2,1-3H3. The summed E-state index contributed by atoms with van der Waals surface area (Å²) in [4.78, 5) is 17.2. The van der Waals surface area contributed by atoms with E-state index in [0.717, 1.165) is 19.5 Å². The third kappa shape index (κ3) is 5.36. The number of carbonyl (C=O) groups is 1. The largest absolute Gasteiger partial charge is 0.493 e. The molecule has 1 aliphatic rings. The molecule has 3 rings (SSSR count). The zero-order valence-electron chi connectivity index (χ0n) is 17.4. The van der Waals surface area contributed by atoms with Crippen molar-refractivity contribution < 1.29 is 14.3 Å². The molecule has 1 saturated heterocycles. The zero-order valence-corrected chi connectivity index (χ0v) is 18.1. The summed E-state index contributed by atoms with van der Waals surface area (Å²) in [5.41, 5.74) is 1.71. The lowest BCUT2D eigenvalue weighted by atomic mass is 10.1. The SMILES string of the molecule is COc1cc(C(=O)N2CCN(c3ccccc3)CC2)cc(Cl)c1OCCC(C)C. The molecule has 2 aromatic carbocycles. The van der Waals surface area contributed by atoms with Crippen LogP contribution in [0.5, 0.6) is 11.5 Å². The first kappa shape index (κ1) is 21.3. The molecule has 2 aromatic rings. The second-order valence-corrected chi connectivity index (χ2v) is 8.04. The van der Waals surface area contributed by atoms with Crippen LogP contribution in [0, 0.1) is 5.92 Å². The van der Waals surface area contributed by atoms with E-state index in [0.29, 0.717) is 47.7 Å². The number of halogens is 1. The lowest BCUT2D eigenvalue weighted by Gasteiger charge is -2.36. The highest BCUT2D eigenvalue weighted by Crippen LogP contribution is 2.37. The summed E-state index contributed by atoms with van der Waals surface area (Å²) in [7, 11) is 1.56. The van der Waals surface area contributed by atoms with E-state index in [-0.39, 0.29) is 5.91 Å². The molecule has 1 fully saturated rings. The first-order chi connectivity index (χ1) is 14.0. The van der Waals surface area contributed by atoms with Crippen LogP contribution in [0.4, 0.5) is 5.69 Å². The van der Waals surface area contributed by atoms with E-state index in [1.165, 1.54) is 5.69 Å². The van der Waals surface area contributed by atoms with E-state index in [1.807, 2.05) is 23.1 Å². The summed E-state index contributed by atoms with van der Waals surface area (Å²) in [6, 6.07) is 13.7. The van der Waals surface area contributed by atoms with Gasteiger partial charge < -0.3 is 19.3 Å². The molecular formula is C23H29ClN2O3. The highest BCUT2D eigenvalue weighted by Gasteiger charge is 2.24. The quantitative estimate of drug-likeness (QED) is 0.654. The van der Waals surface area contributed by atoms with Gasteiger partial charge in [-0.2, -0.15) is 0 Å². The van der Waals surface area contributed by atoms with Gasteiger partial charge in [-0.05, 0) is 36.6 Å². The molecule has 1 amide bonds. The van der Waals surface area contributed by atoms with Crippen LogP contribution >= 0.6 is 11.6 Å². The molecule has 156 valence electrons. The zero-order chi connectivity index (χ0) is 20.8. The van der Waals surface area contributed by atoms with Gasteiger partial charge in [0, 0.05) is 37.4 Å². The number of rotatable bonds is 7. The predicted molar refractivity (Wildman–Crippen MR) is 118 cm³/mol. The van der Waals surface area contributed by atoms with Gasteiger partial charge in [-0.15, -0.1) is 0 Å². The average Bonchev–Trinajstić information content (AvgIpc) is 2.74. The van der Waals surface area contributed by atoms with E-state index < -0.39 is 0 Å². The molecule has 0 radical (unpaired) electrons. The third-order valence-electron chi connectivity index (χ3n) is 5.11. The van der Waals surface area contributed by atoms with E-state index in [9.17, 15) is 4.79 Å². The van der Waals surface area contributed by atoms with Crippen LogP contribution in [0.25, 0.3) is 0 Å². The molecule has 0 N–H and O–H groups in total. The number of amides is 1. The second kappa shape index (κ2) is 9.88. The minimum absolute atomic E-state index is 0.0355. The van der Waals surface area contributed by atoms with Crippen LogP contribution in [0.3, 0.4) is 0 Å². The Bertz CT molecular complexity index is 818. The number of nitrogens with zero attached hydrogens (tertiary/aromatic N) is 2. The lowest BCUT2D eigenvalue weighted by molar-refractivity contribution is 0.0746. The molecule has 1 aliphatic heterocycles. The normalized spacial score (nSPS) is 14.2. The fourth-order valence-corrected chi connectivity index (χ4v) is 3.63. The van der Waals surface area contributed by atoms with Crippen molar-refractivity contribution in [1.82, 2.24) is 4.90 Å². The van der Waals surface area contributed by atoms with Crippen molar-refractivity contribution in [3.05, 3.63) is 53.1 Å². The Labute approximate surface area is 178 Å². The monoisotopic (exact) mass is 416 g/mol. The molecule has 0 saturated carbocycles. The van der Waals surface area contributed by atoms with E-state index in [2.05, 4.69) is 30.9 Å². The Morgan fingerprint density at radius 1 is 1.10 bits per heavy atom. The Morgan fingerprint density at radius 3 is 2.41 bits per heavy atom. The van der Waals surface area contributed by atoms with Gasteiger partial charge in [0.1, 0.15) is 0 Å². The van der Waals surface area contributed by atoms with E-state index >= 15 is 0 Å². The number of benzene rings is 2. The second-order valence-electron chi connectivity index (χ2n) is 7.64. The number of anilines is 1. The summed E-state index contributed by atoms with van der Waals surface area (Å²) in [5, 5.41) is 0.402. The number of hydrogen-bond donors (Lipinski definition) is 0. The topological polar surface area (TPSA) is 42.0 Å². The molecule has 5 nitrogen and oxygen atoms in total. The van der Waals surface area contributed by atoms with Crippen molar-refractivity contribution in [3.8, 4) is 11.5 Å². The summed E-state index contributed by atoms with van der Waals surface area (Å²) >= 11 is 6.43. The maximum Gasteiger partial charge on any atom is 0.254 e. The number of methoxy groups -OCH3 is 1. The maximum absolute atomic E-state index is 13.0. The van der Waals surface area contributed by atoms with Crippen LogP contribution in [0.2, 0.25) is 5.02 Å². The van der Waals surface area contributed by atoms with Gasteiger partial charge in [0.2, 0.25) is 0 Å². The van der Waals surface area contributed by atoms with Gasteiger partial charge in [0.25, 0.3) is 5.91 Å². The molecular weight excluding hydrogens is 388 g/mol. The fourth-order valence-electron chi connectivity index (χ4n) is 3.37. The number of para-hydroxylation sites is 1. The smallest absolute Gasteiger partial charge is 0.254 e. The Balaban J connectivity index is 1.67. The van der Waals surface area contributed by atoms with Crippen LogP contribution in [0.1, 0.15) is 30.6 Å². The summed E-state index contributed by atoms with van der Waals surface area (Å²) < 4.78 is 11.3. The van der Waals surface area contributed by atoms with Gasteiger partial charge in [-0.1, -0.05) is 43.6 Å². The molecule has 0 spiro atoms. The average molecular weight is 417 g/mol. The number of ether oxygens (including phenoxy) is 2. The lowest BCUT2D eigenvalue weighted by Crippen LogP contribution is -2.48. The Hall–Kier alpha value is -2.40. The molecule has 0 aromatic heterocycles. The van der Waals surface area contributed by atoms with Crippen LogP contribution < -0.4 is 14.4 Å². The van der Waals surface area contributed by atoms with Crippen LogP contribution in [0.15, 0.2) is 42.5 Å². The molecule has 0 unspecified atom stereocenters. The summed E-state index contributed by atoms with van der Waals surface area (Å²) in [6.45, 7) is 7.78. The van der Waals surface area contributed by atoms with Crippen molar-refractivity contribution in [2.45, 2.75) is 20.3 Å². The Kier molecular flexibility index (Phi) is 7.26. The van der Waals surface area contributed by atoms with Gasteiger partial charge in [-0.25, -0.2) is 0 Å². The number of carbonyl (C=O) groups excluding carboxylic acids is 1. The molecule has 0 aliphatic carbocycles. The van der Waals surface area contributed by atoms with Crippen LogP contribution in [-0.4, -0.2) is 50.7 Å². The first-order valence-corrected chi connectivity index (χ1v) is 10.5. The van der Waals surface area contributed by atoms with E-state index in [4.69, 9.17) is 21.1 Å². The van der Waals surface area contributed by atoms with Crippen molar-refractivity contribution >= 4 is 23.2 Å². The van der Waals surface area contributed by atoms with Gasteiger partial charge >= 0.3 is 0 Å². The summed E-state index contributed by atoms with van der Waals surface area (Å²) in [5.74, 6) is 1.50. The minimum Gasteiger partial charge on any atom is -0.493 e. The third-order valence-corrected chi connectivity index (χ3v) is 5.39. The minimum atomic E-state index is -0.0355. The highest BCUT2D eigenvalue weighted by atomic mass is 35.5. The van der Waals surface area contributed by atoms with Crippen molar-refractivity contribution in [3.63, 3.8) is 0 Å². The molecule has 6 heteroatoms. The van der Waals surface area contributed by atoms with Crippen molar-refractivity contribution in [1.29, 1.82) is 0 Å². The number of hydrogen-bond acceptors (Lipinski definition) is 4. The molecule has 29 heavy (non-hydrogen) atoms. The fraction of sp³-hybridized carbons (Fsp3) is 0.435. The van der Waals surface area contributed by atoms with Crippen molar-refractivity contribution in [2.75, 3.05) is 44.8 Å². The highest BCUT2D eigenvalue weighted by molar-refractivity contribution is 6.32. The van der Waals surface area contributed by atoms with Crippen LogP contribution in [-0.2, 0) is 0 Å². The molecule has 0 bridgehead atoms. The van der Waals surface area contributed by atoms with E-state index in [1.54, 1.807) is 19.2 Å². The molecule has 1 heterocycles.